The molecule has 0 bridgehead atoms. The molecule has 0 unspecified atom stereocenters. The van der Waals surface area contributed by atoms with Crippen LogP contribution in [-0.2, 0) is 11.2 Å². The van der Waals surface area contributed by atoms with Crippen molar-refractivity contribution in [3.63, 3.8) is 0 Å². The number of benzene rings is 1. The fourth-order valence-electron chi connectivity index (χ4n) is 1.82. The van der Waals surface area contributed by atoms with Crippen molar-refractivity contribution >= 4 is 16.9 Å². The molecular formula is C12H13NO3. The molecule has 2 aromatic rings. The van der Waals surface area contributed by atoms with Crippen molar-refractivity contribution in [1.29, 1.82) is 0 Å². The number of hydrogen-bond donors (Lipinski definition) is 2. The van der Waals surface area contributed by atoms with E-state index in [0.717, 1.165) is 27.9 Å². The smallest absolute Gasteiger partial charge is 0.309 e. The van der Waals surface area contributed by atoms with Crippen LogP contribution in [0.4, 0.5) is 0 Å². The number of hydrogen-bond acceptors (Lipinski definition) is 2. The van der Waals surface area contributed by atoms with Gasteiger partial charge >= 0.3 is 5.97 Å². The molecule has 1 heterocycles. The van der Waals surface area contributed by atoms with Crippen LogP contribution < -0.4 is 4.74 Å². The van der Waals surface area contributed by atoms with E-state index in [0.29, 0.717) is 0 Å². The topological polar surface area (TPSA) is 62.3 Å². The van der Waals surface area contributed by atoms with Crippen LogP contribution >= 0.6 is 0 Å². The summed E-state index contributed by atoms with van der Waals surface area (Å²) in [7, 11) is 1.61. The number of carboxylic acid groups (broad SMARTS) is 1. The number of fused-ring (bicyclic) bond motifs is 1. The van der Waals surface area contributed by atoms with Gasteiger partial charge in [-0.25, -0.2) is 0 Å². The summed E-state index contributed by atoms with van der Waals surface area (Å²) in [6, 6.07) is 5.65. The van der Waals surface area contributed by atoms with E-state index >= 15 is 0 Å². The number of carbonyl (C=O) groups is 1. The van der Waals surface area contributed by atoms with E-state index in [9.17, 15) is 4.79 Å². The SMILES string of the molecule is COc1ccc2[nH]c(CC(=O)O)c(C)c2c1. The molecule has 0 spiro atoms. The Bertz CT molecular complexity index is 542. The summed E-state index contributed by atoms with van der Waals surface area (Å²) in [5.74, 6) is -0.0573. The molecule has 4 heteroatoms. The summed E-state index contributed by atoms with van der Waals surface area (Å²) in [6.07, 6.45) is 0.0167. The molecule has 0 saturated heterocycles. The minimum Gasteiger partial charge on any atom is -0.497 e. The normalized spacial score (nSPS) is 10.6. The standard InChI is InChI=1S/C12H13NO3/c1-7-9-5-8(16-2)3-4-10(9)13-11(7)6-12(14)15/h3-5,13H,6H2,1-2H3,(H,14,15). The maximum absolute atomic E-state index is 10.7. The number of aryl methyl sites for hydroxylation is 1. The molecule has 84 valence electrons. The summed E-state index contributed by atoms with van der Waals surface area (Å²) in [5, 5.41) is 9.78. The van der Waals surface area contributed by atoms with Crippen LogP contribution in [0.3, 0.4) is 0 Å². The van der Waals surface area contributed by atoms with E-state index in [1.807, 2.05) is 25.1 Å². The summed E-state index contributed by atoms with van der Waals surface area (Å²) in [6.45, 7) is 1.91. The van der Waals surface area contributed by atoms with E-state index in [2.05, 4.69) is 4.98 Å². The molecule has 0 aliphatic carbocycles. The first-order valence-electron chi connectivity index (χ1n) is 4.99. The zero-order valence-corrected chi connectivity index (χ0v) is 9.20. The molecule has 4 nitrogen and oxygen atoms in total. The average Bonchev–Trinajstić information content (AvgIpc) is 2.55. The number of rotatable bonds is 3. The first kappa shape index (κ1) is 10.5. The van der Waals surface area contributed by atoms with Crippen molar-refractivity contribution in [3.05, 3.63) is 29.5 Å². The Morgan fingerprint density at radius 2 is 2.25 bits per heavy atom. The number of nitrogens with one attached hydrogen (secondary N) is 1. The molecule has 0 radical (unpaired) electrons. The van der Waals surface area contributed by atoms with Gasteiger partial charge in [0.2, 0.25) is 0 Å². The first-order chi connectivity index (χ1) is 7.61. The van der Waals surface area contributed by atoms with Gasteiger partial charge in [-0.1, -0.05) is 0 Å². The van der Waals surface area contributed by atoms with Gasteiger partial charge in [0.1, 0.15) is 5.75 Å². The molecule has 16 heavy (non-hydrogen) atoms. The number of methoxy groups -OCH3 is 1. The highest BCUT2D eigenvalue weighted by Crippen LogP contribution is 2.26. The molecule has 0 amide bonds. The zero-order chi connectivity index (χ0) is 11.7. The molecule has 1 aromatic carbocycles. The molecule has 0 saturated carbocycles. The number of carboxylic acids is 1. The Kier molecular flexibility index (Phi) is 2.56. The third-order valence-electron chi connectivity index (χ3n) is 2.70. The second kappa shape index (κ2) is 3.89. The molecule has 2 N–H and O–H groups in total. The number of aromatic nitrogens is 1. The van der Waals surface area contributed by atoms with Gasteiger partial charge in [0.05, 0.1) is 13.5 Å². The van der Waals surface area contributed by atoms with Crippen LogP contribution in [0.15, 0.2) is 18.2 Å². The lowest BCUT2D eigenvalue weighted by Gasteiger charge is -1.99. The summed E-state index contributed by atoms with van der Waals surface area (Å²) >= 11 is 0. The average molecular weight is 219 g/mol. The van der Waals surface area contributed by atoms with Crippen molar-refractivity contribution < 1.29 is 14.6 Å². The highest BCUT2D eigenvalue weighted by molar-refractivity contribution is 5.87. The number of H-pyrrole nitrogens is 1. The molecule has 0 atom stereocenters. The molecule has 0 fully saturated rings. The minimum atomic E-state index is -0.832. The minimum absolute atomic E-state index is 0.0167. The van der Waals surface area contributed by atoms with Crippen LogP contribution in [0, 0.1) is 6.92 Å². The largest absolute Gasteiger partial charge is 0.497 e. The van der Waals surface area contributed by atoms with Crippen molar-refractivity contribution in [3.8, 4) is 5.75 Å². The van der Waals surface area contributed by atoms with E-state index in [4.69, 9.17) is 9.84 Å². The van der Waals surface area contributed by atoms with Crippen LogP contribution in [-0.4, -0.2) is 23.2 Å². The van der Waals surface area contributed by atoms with E-state index in [1.165, 1.54) is 0 Å². The second-order valence-electron chi connectivity index (χ2n) is 3.71. The van der Waals surface area contributed by atoms with Gasteiger partial charge in [0, 0.05) is 16.6 Å². The highest BCUT2D eigenvalue weighted by atomic mass is 16.5. The Hall–Kier alpha value is -1.97. The Labute approximate surface area is 92.9 Å². The van der Waals surface area contributed by atoms with Crippen molar-refractivity contribution in [2.75, 3.05) is 7.11 Å². The van der Waals surface area contributed by atoms with Crippen LogP contribution in [0.2, 0.25) is 0 Å². The van der Waals surface area contributed by atoms with E-state index in [1.54, 1.807) is 7.11 Å². The highest BCUT2D eigenvalue weighted by Gasteiger charge is 2.10. The van der Waals surface area contributed by atoms with E-state index < -0.39 is 5.97 Å². The lowest BCUT2D eigenvalue weighted by molar-refractivity contribution is -0.136. The van der Waals surface area contributed by atoms with Gasteiger partial charge in [-0.15, -0.1) is 0 Å². The third-order valence-corrected chi connectivity index (χ3v) is 2.70. The predicted octanol–water partition coefficient (Wildman–Crippen LogP) is 2.11. The molecule has 2 rings (SSSR count). The van der Waals surface area contributed by atoms with Gasteiger partial charge in [-0.3, -0.25) is 4.79 Å². The van der Waals surface area contributed by atoms with Gasteiger partial charge in [0.25, 0.3) is 0 Å². The van der Waals surface area contributed by atoms with Gasteiger partial charge in [-0.2, -0.15) is 0 Å². The first-order valence-corrected chi connectivity index (χ1v) is 4.99. The number of aromatic amines is 1. The monoisotopic (exact) mass is 219 g/mol. The summed E-state index contributed by atoms with van der Waals surface area (Å²) in [5.41, 5.74) is 2.65. The Balaban J connectivity index is 2.54. The van der Waals surface area contributed by atoms with E-state index in [-0.39, 0.29) is 6.42 Å². The summed E-state index contributed by atoms with van der Waals surface area (Å²) in [4.78, 5) is 13.8. The maximum Gasteiger partial charge on any atom is 0.309 e. The Morgan fingerprint density at radius 1 is 1.50 bits per heavy atom. The van der Waals surface area contributed by atoms with Crippen LogP contribution in [0.25, 0.3) is 10.9 Å². The predicted molar refractivity (Wildman–Crippen MR) is 60.9 cm³/mol. The Morgan fingerprint density at radius 3 is 2.88 bits per heavy atom. The fraction of sp³-hybridized carbons (Fsp3) is 0.250. The molecular weight excluding hydrogens is 206 g/mol. The second-order valence-corrected chi connectivity index (χ2v) is 3.71. The lowest BCUT2D eigenvalue weighted by Crippen LogP contribution is -2.01. The number of ether oxygens (including phenoxy) is 1. The van der Waals surface area contributed by atoms with Crippen molar-refractivity contribution in [2.24, 2.45) is 0 Å². The van der Waals surface area contributed by atoms with Gasteiger partial charge in [-0.05, 0) is 30.7 Å². The zero-order valence-electron chi connectivity index (χ0n) is 9.20. The quantitative estimate of drug-likeness (QED) is 0.831. The molecule has 1 aromatic heterocycles. The maximum atomic E-state index is 10.7. The fourth-order valence-corrected chi connectivity index (χ4v) is 1.82. The number of aliphatic carboxylic acids is 1. The van der Waals surface area contributed by atoms with Crippen molar-refractivity contribution in [1.82, 2.24) is 4.98 Å². The van der Waals surface area contributed by atoms with Crippen LogP contribution in [0.5, 0.6) is 5.75 Å². The lowest BCUT2D eigenvalue weighted by atomic mass is 10.1. The van der Waals surface area contributed by atoms with Gasteiger partial charge in [0.15, 0.2) is 0 Å². The van der Waals surface area contributed by atoms with Crippen LogP contribution in [0.1, 0.15) is 11.3 Å². The van der Waals surface area contributed by atoms with Crippen molar-refractivity contribution in [2.45, 2.75) is 13.3 Å². The van der Waals surface area contributed by atoms with Gasteiger partial charge < -0.3 is 14.8 Å². The molecule has 0 aliphatic rings. The summed E-state index contributed by atoms with van der Waals surface area (Å²) < 4.78 is 5.14. The molecule has 0 aliphatic heterocycles. The third kappa shape index (κ3) is 1.74.